The summed E-state index contributed by atoms with van der Waals surface area (Å²) in [5, 5.41) is 18.2. The fourth-order valence-electron chi connectivity index (χ4n) is 2.93. The van der Waals surface area contributed by atoms with E-state index in [1.165, 1.54) is 30.3 Å². The van der Waals surface area contributed by atoms with Crippen LogP contribution in [0.1, 0.15) is 34.6 Å². The second-order valence-electron chi connectivity index (χ2n) is 6.16. The summed E-state index contributed by atoms with van der Waals surface area (Å²) in [5.41, 5.74) is 1.59. The van der Waals surface area contributed by atoms with Crippen molar-refractivity contribution < 1.29 is 14.1 Å². The lowest BCUT2D eigenvalue weighted by Gasteiger charge is -2.14. The van der Waals surface area contributed by atoms with Gasteiger partial charge >= 0.3 is 5.69 Å². The number of aromatic nitrogens is 2. The highest BCUT2D eigenvalue weighted by atomic mass is 35.5. The number of halogens is 2. The molecule has 0 unspecified atom stereocenters. The van der Waals surface area contributed by atoms with E-state index in [-0.39, 0.29) is 16.4 Å². The minimum atomic E-state index is -0.681. The first-order chi connectivity index (χ1) is 13.3. The van der Waals surface area contributed by atoms with E-state index < -0.39 is 22.6 Å². The first-order valence-corrected chi connectivity index (χ1v) is 8.71. The van der Waals surface area contributed by atoms with Gasteiger partial charge in [0.2, 0.25) is 0 Å². The Morgan fingerprint density at radius 3 is 2.61 bits per heavy atom. The smallest absolute Gasteiger partial charge is 0.300 e. The average molecular weight is 403 g/mol. The predicted octanol–water partition coefficient (Wildman–Crippen LogP) is 4.37. The van der Waals surface area contributed by atoms with Gasteiger partial charge in [0.1, 0.15) is 16.4 Å². The fraction of sp³-hybridized carbons (Fsp3) is 0.158. The van der Waals surface area contributed by atoms with Gasteiger partial charge in [-0.2, -0.15) is 5.10 Å². The molecule has 0 aliphatic carbocycles. The molecule has 0 spiro atoms. The van der Waals surface area contributed by atoms with Crippen LogP contribution in [0, 0.1) is 22.9 Å². The zero-order chi connectivity index (χ0) is 20.4. The summed E-state index contributed by atoms with van der Waals surface area (Å²) in [5.74, 6) is -0.965. The Hall–Kier alpha value is -3.26. The summed E-state index contributed by atoms with van der Waals surface area (Å²) < 4.78 is 14.7. The number of hydrogen-bond donors (Lipinski definition) is 1. The van der Waals surface area contributed by atoms with Gasteiger partial charge in [-0.05, 0) is 50.2 Å². The summed E-state index contributed by atoms with van der Waals surface area (Å²) in [7, 11) is 0. The Balaban J connectivity index is 1.85. The fourth-order valence-corrected chi connectivity index (χ4v) is 3.17. The van der Waals surface area contributed by atoms with Crippen molar-refractivity contribution in [3.05, 3.63) is 86.4 Å². The Kier molecular flexibility index (Phi) is 5.41. The van der Waals surface area contributed by atoms with Crippen LogP contribution in [0.2, 0.25) is 5.02 Å². The molecular formula is C19H16ClFN4O3. The summed E-state index contributed by atoms with van der Waals surface area (Å²) in [6, 6.07) is 9.57. The van der Waals surface area contributed by atoms with Crippen LogP contribution in [0.4, 0.5) is 10.1 Å². The van der Waals surface area contributed by atoms with Gasteiger partial charge in [-0.25, -0.2) is 9.07 Å². The van der Waals surface area contributed by atoms with E-state index in [0.717, 1.165) is 11.3 Å². The molecule has 28 heavy (non-hydrogen) atoms. The van der Waals surface area contributed by atoms with Crippen molar-refractivity contribution in [2.75, 3.05) is 0 Å². The topological polar surface area (TPSA) is 90.1 Å². The van der Waals surface area contributed by atoms with E-state index in [1.807, 2.05) is 6.92 Å². The normalized spacial score (nSPS) is 11.9. The molecule has 0 fully saturated rings. The van der Waals surface area contributed by atoms with E-state index in [9.17, 15) is 19.3 Å². The van der Waals surface area contributed by atoms with Crippen LogP contribution in [0.15, 0.2) is 48.7 Å². The third kappa shape index (κ3) is 3.72. The van der Waals surface area contributed by atoms with E-state index >= 15 is 0 Å². The molecule has 0 saturated heterocycles. The zero-order valence-corrected chi connectivity index (χ0v) is 15.8. The third-order valence-electron chi connectivity index (χ3n) is 4.35. The summed E-state index contributed by atoms with van der Waals surface area (Å²) in [6.07, 6.45) is 1.59. The Bertz CT molecular complexity index is 1050. The summed E-state index contributed by atoms with van der Waals surface area (Å²) in [6.45, 7) is 3.56. The number of carbonyl (C=O) groups excluding carboxylic acids is 1. The molecule has 144 valence electrons. The van der Waals surface area contributed by atoms with E-state index in [2.05, 4.69) is 10.4 Å². The third-order valence-corrected chi connectivity index (χ3v) is 4.65. The molecule has 0 radical (unpaired) electrons. The van der Waals surface area contributed by atoms with Gasteiger partial charge in [0, 0.05) is 11.3 Å². The highest BCUT2D eigenvalue weighted by molar-refractivity contribution is 6.33. The maximum atomic E-state index is 13.1. The molecule has 1 amide bonds. The Labute approximate surface area is 164 Å². The van der Waals surface area contributed by atoms with Crippen LogP contribution in [0.5, 0.6) is 0 Å². The lowest BCUT2D eigenvalue weighted by Crippen LogP contribution is -2.27. The average Bonchev–Trinajstić information content (AvgIpc) is 3.03. The van der Waals surface area contributed by atoms with E-state index in [1.54, 1.807) is 29.9 Å². The van der Waals surface area contributed by atoms with Gasteiger partial charge in [-0.3, -0.25) is 14.9 Å². The lowest BCUT2D eigenvalue weighted by molar-refractivity contribution is -0.385. The quantitative estimate of drug-likeness (QED) is 0.506. The van der Waals surface area contributed by atoms with Crippen molar-refractivity contribution in [3.63, 3.8) is 0 Å². The Morgan fingerprint density at radius 1 is 1.29 bits per heavy atom. The number of nitro groups is 1. The van der Waals surface area contributed by atoms with Gasteiger partial charge in [-0.15, -0.1) is 0 Å². The molecule has 0 aliphatic heterocycles. The molecular weight excluding hydrogens is 387 g/mol. The monoisotopic (exact) mass is 402 g/mol. The highest BCUT2D eigenvalue weighted by Crippen LogP contribution is 2.29. The molecule has 0 saturated carbocycles. The number of carbonyl (C=O) groups is 1. The Morgan fingerprint density at radius 2 is 1.96 bits per heavy atom. The number of nitrogens with zero attached hydrogens (tertiary/aromatic N) is 3. The molecule has 3 rings (SSSR count). The zero-order valence-electron chi connectivity index (χ0n) is 15.0. The number of nitro benzene ring substituents is 1. The minimum Gasteiger partial charge on any atom is -0.345 e. The van der Waals surface area contributed by atoms with Crippen LogP contribution >= 0.6 is 11.6 Å². The van der Waals surface area contributed by atoms with Crippen LogP contribution in [0.3, 0.4) is 0 Å². The maximum absolute atomic E-state index is 13.1. The van der Waals surface area contributed by atoms with Crippen LogP contribution < -0.4 is 5.32 Å². The molecule has 1 heterocycles. The highest BCUT2D eigenvalue weighted by Gasteiger charge is 2.25. The van der Waals surface area contributed by atoms with Crippen molar-refractivity contribution >= 4 is 23.2 Å². The van der Waals surface area contributed by atoms with Crippen molar-refractivity contribution in [2.45, 2.75) is 19.9 Å². The van der Waals surface area contributed by atoms with Crippen LogP contribution in [-0.2, 0) is 0 Å². The summed E-state index contributed by atoms with van der Waals surface area (Å²) >= 11 is 5.87. The number of amides is 1. The number of hydrogen-bond acceptors (Lipinski definition) is 4. The first kappa shape index (κ1) is 19.5. The van der Waals surface area contributed by atoms with Gasteiger partial charge < -0.3 is 5.32 Å². The minimum absolute atomic E-state index is 0.106. The standard InChI is InChI=1S/C19H16ClFN4O3/c1-11(23-19(26)15-4-3-5-17(20)18(15)25(27)28)16-10-22-24(12(16)2)14-8-6-13(21)7-9-14/h3-11H,1-2H3,(H,23,26)/t11-/m0/s1. The second kappa shape index (κ2) is 7.77. The molecule has 1 N–H and O–H groups in total. The summed E-state index contributed by atoms with van der Waals surface area (Å²) in [4.78, 5) is 23.1. The number of rotatable bonds is 5. The molecule has 3 aromatic rings. The second-order valence-corrected chi connectivity index (χ2v) is 6.57. The van der Waals surface area contributed by atoms with Crippen molar-refractivity contribution in [1.29, 1.82) is 0 Å². The molecule has 7 nitrogen and oxygen atoms in total. The molecule has 1 aromatic heterocycles. The molecule has 2 aromatic carbocycles. The van der Waals surface area contributed by atoms with E-state index in [0.29, 0.717) is 5.69 Å². The number of benzene rings is 2. The van der Waals surface area contributed by atoms with E-state index in [4.69, 9.17) is 11.6 Å². The SMILES string of the molecule is Cc1c([C@H](C)NC(=O)c2cccc(Cl)c2[N+](=O)[O-])cnn1-c1ccc(F)cc1. The van der Waals surface area contributed by atoms with Gasteiger partial charge in [0.05, 0.1) is 22.8 Å². The maximum Gasteiger partial charge on any atom is 0.300 e. The van der Waals surface area contributed by atoms with Gasteiger partial charge in [0.25, 0.3) is 5.91 Å². The van der Waals surface area contributed by atoms with Crippen molar-refractivity contribution in [2.24, 2.45) is 0 Å². The van der Waals surface area contributed by atoms with Crippen LogP contribution in [0.25, 0.3) is 5.69 Å². The molecule has 0 bridgehead atoms. The van der Waals surface area contributed by atoms with Crippen molar-refractivity contribution in [3.8, 4) is 5.69 Å². The molecule has 0 aliphatic rings. The van der Waals surface area contributed by atoms with Crippen LogP contribution in [-0.4, -0.2) is 20.6 Å². The lowest BCUT2D eigenvalue weighted by atomic mass is 10.1. The largest absolute Gasteiger partial charge is 0.345 e. The number of nitrogens with one attached hydrogen (secondary N) is 1. The van der Waals surface area contributed by atoms with Gasteiger partial charge in [0.15, 0.2) is 0 Å². The van der Waals surface area contributed by atoms with Crippen molar-refractivity contribution in [1.82, 2.24) is 15.1 Å². The van der Waals surface area contributed by atoms with Gasteiger partial charge in [-0.1, -0.05) is 17.7 Å². The predicted molar refractivity (Wildman–Crippen MR) is 102 cm³/mol. The molecule has 9 heteroatoms. The first-order valence-electron chi connectivity index (χ1n) is 8.34. The molecule has 1 atom stereocenters. The number of para-hydroxylation sites is 1.